The second kappa shape index (κ2) is 7.34. The van der Waals surface area contributed by atoms with Gasteiger partial charge in [-0.1, -0.05) is 0 Å². The van der Waals surface area contributed by atoms with E-state index in [1.807, 2.05) is 0 Å². The molecule has 0 aliphatic rings. The molecular weight excluding hydrogens is 323 g/mol. The van der Waals surface area contributed by atoms with E-state index in [-0.39, 0.29) is 5.56 Å². The second-order valence-electron chi connectivity index (χ2n) is 5.16. The first kappa shape index (κ1) is 19.5. The van der Waals surface area contributed by atoms with Crippen LogP contribution in [0.5, 0.6) is 17.2 Å². The molecule has 1 rings (SSSR count). The minimum Gasteiger partial charge on any atom is -0.493 e. The largest absolute Gasteiger partial charge is 0.493 e. The van der Waals surface area contributed by atoms with Crippen molar-refractivity contribution < 1.29 is 32.6 Å². The van der Waals surface area contributed by atoms with Crippen LogP contribution < -0.4 is 14.2 Å². The molecule has 0 aliphatic carbocycles. The Morgan fingerprint density at radius 3 is 1.65 bits per heavy atom. The van der Waals surface area contributed by atoms with E-state index in [9.17, 15) is 9.36 Å². The maximum Gasteiger partial charge on any atom is 0.343 e. The van der Waals surface area contributed by atoms with Crippen LogP contribution in [0.15, 0.2) is 12.1 Å². The van der Waals surface area contributed by atoms with Crippen molar-refractivity contribution in [3.05, 3.63) is 17.7 Å². The van der Waals surface area contributed by atoms with Crippen LogP contribution in [0.4, 0.5) is 0 Å². The SMILES string of the molecule is COc1cc(C(=O)C(C)(C)P(=O)(OC)OC)cc(OC)c1OC. The highest BCUT2D eigenvalue weighted by Crippen LogP contribution is 2.60. The number of Topliss-reactive ketones (excluding diaryl/α,β-unsaturated/α-hetero) is 1. The van der Waals surface area contributed by atoms with Crippen molar-refractivity contribution in [3.63, 3.8) is 0 Å². The molecule has 0 amide bonds. The van der Waals surface area contributed by atoms with Gasteiger partial charge in [-0.3, -0.25) is 9.36 Å². The van der Waals surface area contributed by atoms with Crippen molar-refractivity contribution in [2.24, 2.45) is 0 Å². The Morgan fingerprint density at radius 1 is 0.913 bits per heavy atom. The number of rotatable bonds is 8. The molecule has 7 nitrogen and oxygen atoms in total. The zero-order valence-corrected chi connectivity index (χ0v) is 15.4. The highest BCUT2D eigenvalue weighted by Gasteiger charge is 2.48. The monoisotopic (exact) mass is 346 g/mol. The van der Waals surface area contributed by atoms with Crippen molar-refractivity contribution in [2.45, 2.75) is 19.0 Å². The summed E-state index contributed by atoms with van der Waals surface area (Å²) in [6, 6.07) is 3.00. The average Bonchev–Trinajstić information content (AvgIpc) is 2.58. The predicted octanol–water partition coefficient (Wildman–Crippen LogP) is 3.16. The number of hydrogen-bond donors (Lipinski definition) is 0. The summed E-state index contributed by atoms with van der Waals surface area (Å²) in [6.45, 7) is 3.01. The minimum absolute atomic E-state index is 0.249. The summed E-state index contributed by atoms with van der Waals surface area (Å²) < 4.78 is 38.3. The van der Waals surface area contributed by atoms with Crippen LogP contribution in [-0.4, -0.2) is 46.5 Å². The fourth-order valence-electron chi connectivity index (χ4n) is 2.22. The lowest BCUT2D eigenvalue weighted by Crippen LogP contribution is -2.33. The first-order chi connectivity index (χ1) is 10.7. The van der Waals surface area contributed by atoms with Crippen molar-refractivity contribution in [2.75, 3.05) is 35.5 Å². The Kier molecular flexibility index (Phi) is 6.22. The molecule has 0 unspecified atom stereocenters. The van der Waals surface area contributed by atoms with E-state index in [0.717, 1.165) is 0 Å². The summed E-state index contributed by atoms with van der Waals surface area (Å²) in [5.41, 5.74) is 0.249. The molecule has 0 aromatic heterocycles. The molecule has 0 N–H and O–H groups in total. The van der Waals surface area contributed by atoms with Crippen LogP contribution in [0, 0.1) is 0 Å². The average molecular weight is 346 g/mol. The molecule has 1 aromatic carbocycles. The van der Waals surface area contributed by atoms with E-state index in [2.05, 4.69) is 0 Å². The second-order valence-corrected chi connectivity index (χ2v) is 8.01. The molecule has 23 heavy (non-hydrogen) atoms. The summed E-state index contributed by atoms with van der Waals surface area (Å²) in [5.74, 6) is 0.598. The highest BCUT2D eigenvalue weighted by atomic mass is 31.2. The Bertz CT molecular complexity index is 591. The van der Waals surface area contributed by atoms with Crippen LogP contribution in [-0.2, 0) is 13.6 Å². The fraction of sp³-hybridized carbons (Fsp3) is 0.533. The van der Waals surface area contributed by atoms with Crippen LogP contribution in [0.3, 0.4) is 0 Å². The van der Waals surface area contributed by atoms with Gasteiger partial charge >= 0.3 is 7.60 Å². The first-order valence-electron chi connectivity index (χ1n) is 6.78. The van der Waals surface area contributed by atoms with Crippen LogP contribution in [0.2, 0.25) is 0 Å². The van der Waals surface area contributed by atoms with E-state index in [0.29, 0.717) is 17.2 Å². The fourth-order valence-corrected chi connectivity index (χ4v) is 3.66. The van der Waals surface area contributed by atoms with Crippen LogP contribution in [0.25, 0.3) is 0 Å². The molecule has 0 spiro atoms. The summed E-state index contributed by atoms with van der Waals surface area (Å²) in [7, 11) is 3.22. The van der Waals surface area contributed by atoms with Gasteiger partial charge in [-0.2, -0.15) is 0 Å². The molecule has 130 valence electrons. The van der Waals surface area contributed by atoms with Gasteiger partial charge in [0.25, 0.3) is 0 Å². The molecule has 0 bridgehead atoms. The Balaban J connectivity index is 3.46. The molecule has 0 atom stereocenters. The molecule has 0 fully saturated rings. The van der Waals surface area contributed by atoms with Gasteiger partial charge in [-0.15, -0.1) is 0 Å². The van der Waals surface area contributed by atoms with Gasteiger partial charge in [0.15, 0.2) is 17.3 Å². The summed E-state index contributed by atoms with van der Waals surface area (Å²) in [6.07, 6.45) is 0. The zero-order valence-electron chi connectivity index (χ0n) is 14.5. The maximum absolute atomic E-state index is 12.9. The Labute approximate surface area is 136 Å². The summed E-state index contributed by atoms with van der Waals surface area (Å²) in [4.78, 5) is 12.9. The molecule has 0 saturated carbocycles. The molecule has 8 heteroatoms. The number of benzene rings is 1. The van der Waals surface area contributed by atoms with E-state index in [4.69, 9.17) is 23.3 Å². The van der Waals surface area contributed by atoms with E-state index < -0.39 is 18.5 Å². The molecule has 0 radical (unpaired) electrons. The third kappa shape index (κ3) is 3.37. The van der Waals surface area contributed by atoms with E-state index in [1.54, 1.807) is 0 Å². The van der Waals surface area contributed by atoms with Gasteiger partial charge in [0.05, 0.1) is 21.3 Å². The van der Waals surface area contributed by atoms with E-state index >= 15 is 0 Å². The van der Waals surface area contributed by atoms with Gasteiger partial charge in [-0.05, 0) is 26.0 Å². The van der Waals surface area contributed by atoms with Gasteiger partial charge < -0.3 is 23.3 Å². The zero-order chi connectivity index (χ0) is 17.8. The van der Waals surface area contributed by atoms with Crippen LogP contribution in [0.1, 0.15) is 24.2 Å². The van der Waals surface area contributed by atoms with Gasteiger partial charge in [0.1, 0.15) is 5.16 Å². The van der Waals surface area contributed by atoms with Crippen molar-refractivity contribution >= 4 is 13.4 Å². The first-order valence-corrected chi connectivity index (χ1v) is 8.33. The highest BCUT2D eigenvalue weighted by molar-refractivity contribution is 7.56. The van der Waals surface area contributed by atoms with Crippen molar-refractivity contribution in [1.29, 1.82) is 0 Å². The third-order valence-corrected chi connectivity index (χ3v) is 6.18. The minimum atomic E-state index is -3.63. The quantitative estimate of drug-likeness (QED) is 0.528. The number of methoxy groups -OCH3 is 3. The van der Waals surface area contributed by atoms with Gasteiger partial charge in [-0.25, -0.2) is 0 Å². The number of ether oxygens (including phenoxy) is 3. The Morgan fingerprint density at radius 2 is 1.35 bits per heavy atom. The molecule has 1 aromatic rings. The van der Waals surface area contributed by atoms with Gasteiger partial charge in [0.2, 0.25) is 5.75 Å². The normalized spacial score (nSPS) is 12.0. The van der Waals surface area contributed by atoms with Crippen molar-refractivity contribution in [1.82, 2.24) is 0 Å². The maximum atomic E-state index is 12.9. The summed E-state index contributed by atoms with van der Waals surface area (Å²) in [5, 5.41) is -1.39. The third-order valence-electron chi connectivity index (χ3n) is 3.65. The topological polar surface area (TPSA) is 80.3 Å². The lowest BCUT2D eigenvalue weighted by atomic mass is 9.99. The summed E-state index contributed by atoms with van der Waals surface area (Å²) >= 11 is 0. The molecule has 0 saturated heterocycles. The standard InChI is InChI=1S/C15H23O7P/c1-15(2,23(17,21-6)22-7)14(16)10-8-11(18-3)13(20-5)12(9-10)19-4/h8-9H,1-7H3. The molecule has 0 heterocycles. The number of hydrogen-bond acceptors (Lipinski definition) is 7. The number of carbonyl (C=O) groups is 1. The molecular formula is C15H23O7P. The molecule has 0 aliphatic heterocycles. The van der Waals surface area contributed by atoms with E-state index in [1.165, 1.54) is 61.5 Å². The lowest BCUT2D eigenvalue weighted by Gasteiger charge is -2.30. The number of ketones is 1. The van der Waals surface area contributed by atoms with Gasteiger partial charge in [0, 0.05) is 19.8 Å². The van der Waals surface area contributed by atoms with Crippen molar-refractivity contribution in [3.8, 4) is 17.2 Å². The number of carbonyl (C=O) groups excluding carboxylic acids is 1. The predicted molar refractivity (Wildman–Crippen MR) is 86.1 cm³/mol. The van der Waals surface area contributed by atoms with Crippen LogP contribution >= 0.6 is 7.60 Å². The lowest BCUT2D eigenvalue weighted by molar-refractivity contribution is 0.0931. The smallest absolute Gasteiger partial charge is 0.343 e. The Hall–Kier alpha value is -1.56.